The number of nitrogens with zero attached hydrogens (tertiary/aromatic N) is 1. The Morgan fingerprint density at radius 3 is 2.33 bits per heavy atom. The Kier molecular flexibility index (Phi) is 4.65. The van der Waals surface area contributed by atoms with E-state index in [0.717, 1.165) is 0 Å². The second-order valence-corrected chi connectivity index (χ2v) is 4.88. The SMILES string of the molecule is CC(NC(=O)c1cc(Cl)c(Cl)n1C)C(C)C(=O)O. The number of amides is 1. The van der Waals surface area contributed by atoms with Crippen molar-refractivity contribution in [2.24, 2.45) is 13.0 Å². The van der Waals surface area contributed by atoms with E-state index in [1.165, 1.54) is 17.6 Å². The summed E-state index contributed by atoms with van der Waals surface area (Å²) in [5, 5.41) is 12.0. The van der Waals surface area contributed by atoms with Crippen LogP contribution in [0.5, 0.6) is 0 Å². The van der Waals surface area contributed by atoms with E-state index in [-0.39, 0.29) is 15.9 Å². The Balaban J connectivity index is 2.83. The Morgan fingerprint density at radius 2 is 1.94 bits per heavy atom. The van der Waals surface area contributed by atoms with Crippen molar-refractivity contribution in [2.45, 2.75) is 19.9 Å². The van der Waals surface area contributed by atoms with Gasteiger partial charge in [0.2, 0.25) is 0 Å². The van der Waals surface area contributed by atoms with Gasteiger partial charge in [0.25, 0.3) is 5.91 Å². The number of rotatable bonds is 4. The van der Waals surface area contributed by atoms with Gasteiger partial charge in [0.1, 0.15) is 10.8 Å². The van der Waals surface area contributed by atoms with Crippen molar-refractivity contribution in [3.63, 3.8) is 0 Å². The number of carboxylic acid groups (broad SMARTS) is 1. The first-order chi connectivity index (χ1) is 8.25. The smallest absolute Gasteiger partial charge is 0.308 e. The molecule has 7 heteroatoms. The molecule has 0 aliphatic heterocycles. The van der Waals surface area contributed by atoms with Gasteiger partial charge in [-0.2, -0.15) is 0 Å². The largest absolute Gasteiger partial charge is 0.481 e. The van der Waals surface area contributed by atoms with E-state index in [2.05, 4.69) is 5.32 Å². The van der Waals surface area contributed by atoms with Crippen LogP contribution < -0.4 is 5.32 Å². The number of carboxylic acids is 1. The zero-order valence-electron chi connectivity index (χ0n) is 10.2. The molecule has 0 spiro atoms. The number of hydrogen-bond acceptors (Lipinski definition) is 2. The molecule has 0 bridgehead atoms. The van der Waals surface area contributed by atoms with Crippen molar-refractivity contribution < 1.29 is 14.7 Å². The molecular weight excluding hydrogens is 279 g/mol. The van der Waals surface area contributed by atoms with Gasteiger partial charge in [-0.1, -0.05) is 23.2 Å². The maximum absolute atomic E-state index is 11.9. The van der Waals surface area contributed by atoms with Crippen LogP contribution in [-0.2, 0) is 11.8 Å². The molecule has 1 aromatic rings. The lowest BCUT2D eigenvalue weighted by molar-refractivity contribution is -0.141. The summed E-state index contributed by atoms with van der Waals surface area (Å²) < 4.78 is 1.44. The predicted octanol–water partition coefficient (Wildman–Crippen LogP) is 2.17. The first-order valence-corrected chi connectivity index (χ1v) is 6.05. The number of halogens is 2. The summed E-state index contributed by atoms with van der Waals surface area (Å²) in [6, 6.07) is 0.944. The van der Waals surface area contributed by atoms with Gasteiger partial charge in [0.05, 0.1) is 10.9 Å². The fourth-order valence-electron chi connectivity index (χ4n) is 1.38. The van der Waals surface area contributed by atoms with Crippen LogP contribution in [0.4, 0.5) is 0 Å². The zero-order valence-corrected chi connectivity index (χ0v) is 11.7. The summed E-state index contributed by atoms with van der Waals surface area (Å²) in [5.74, 6) is -2.06. The molecule has 0 saturated heterocycles. The maximum Gasteiger partial charge on any atom is 0.308 e. The Bertz CT molecular complexity index is 485. The van der Waals surface area contributed by atoms with E-state index >= 15 is 0 Å². The maximum atomic E-state index is 11.9. The molecule has 5 nitrogen and oxygen atoms in total. The summed E-state index contributed by atoms with van der Waals surface area (Å²) in [6.45, 7) is 3.15. The third kappa shape index (κ3) is 2.97. The summed E-state index contributed by atoms with van der Waals surface area (Å²) in [5.41, 5.74) is 0.287. The van der Waals surface area contributed by atoms with Crippen LogP contribution in [0, 0.1) is 5.92 Å². The molecule has 0 fully saturated rings. The molecule has 18 heavy (non-hydrogen) atoms. The summed E-state index contributed by atoms with van der Waals surface area (Å²) >= 11 is 11.7. The topological polar surface area (TPSA) is 71.3 Å². The van der Waals surface area contributed by atoms with Gasteiger partial charge in [0.15, 0.2) is 0 Å². The van der Waals surface area contributed by atoms with Crippen LogP contribution in [0.2, 0.25) is 10.2 Å². The molecular formula is C11H14Cl2N2O3. The highest BCUT2D eigenvalue weighted by Crippen LogP contribution is 2.25. The number of nitrogens with one attached hydrogen (secondary N) is 1. The molecule has 1 rings (SSSR count). The van der Waals surface area contributed by atoms with Crippen LogP contribution in [0.3, 0.4) is 0 Å². The molecule has 2 unspecified atom stereocenters. The highest BCUT2D eigenvalue weighted by molar-refractivity contribution is 6.41. The lowest BCUT2D eigenvalue weighted by Gasteiger charge is -2.17. The number of aliphatic carboxylic acids is 1. The fraction of sp³-hybridized carbons (Fsp3) is 0.455. The van der Waals surface area contributed by atoms with Gasteiger partial charge in [-0.25, -0.2) is 0 Å². The molecule has 0 aliphatic carbocycles. The number of hydrogen-bond donors (Lipinski definition) is 2. The summed E-state index contributed by atoms with van der Waals surface area (Å²) in [7, 11) is 1.61. The Hall–Kier alpha value is -1.20. The number of carbonyl (C=O) groups is 2. The van der Waals surface area contributed by atoms with Crippen LogP contribution in [-0.4, -0.2) is 27.6 Å². The van der Waals surface area contributed by atoms with Gasteiger partial charge >= 0.3 is 5.97 Å². The highest BCUT2D eigenvalue weighted by atomic mass is 35.5. The summed E-state index contributed by atoms with van der Waals surface area (Å²) in [4.78, 5) is 22.7. The minimum Gasteiger partial charge on any atom is -0.481 e. The van der Waals surface area contributed by atoms with Gasteiger partial charge in [0, 0.05) is 13.1 Å². The average molecular weight is 293 g/mol. The molecule has 0 radical (unpaired) electrons. The molecule has 100 valence electrons. The lowest BCUT2D eigenvalue weighted by atomic mass is 10.0. The van der Waals surface area contributed by atoms with Crippen molar-refractivity contribution in [1.82, 2.24) is 9.88 Å². The van der Waals surface area contributed by atoms with E-state index in [9.17, 15) is 9.59 Å². The van der Waals surface area contributed by atoms with E-state index in [4.69, 9.17) is 28.3 Å². The van der Waals surface area contributed by atoms with E-state index in [0.29, 0.717) is 0 Å². The first-order valence-electron chi connectivity index (χ1n) is 5.30. The normalized spacial score (nSPS) is 14.1. The molecule has 2 N–H and O–H groups in total. The second kappa shape index (κ2) is 5.63. The van der Waals surface area contributed by atoms with Crippen molar-refractivity contribution in [3.8, 4) is 0 Å². The minimum atomic E-state index is -0.967. The predicted molar refractivity (Wildman–Crippen MR) is 69.2 cm³/mol. The molecule has 0 aliphatic rings. The quantitative estimate of drug-likeness (QED) is 0.893. The molecule has 0 aromatic carbocycles. The lowest BCUT2D eigenvalue weighted by Crippen LogP contribution is -2.40. The van der Waals surface area contributed by atoms with Crippen LogP contribution >= 0.6 is 23.2 Å². The van der Waals surface area contributed by atoms with Gasteiger partial charge < -0.3 is 15.0 Å². The average Bonchev–Trinajstić information content (AvgIpc) is 2.55. The van der Waals surface area contributed by atoms with Crippen LogP contribution in [0.25, 0.3) is 0 Å². The van der Waals surface area contributed by atoms with Gasteiger partial charge in [-0.05, 0) is 19.9 Å². The third-order valence-corrected chi connectivity index (χ3v) is 3.69. The van der Waals surface area contributed by atoms with E-state index in [1.54, 1.807) is 14.0 Å². The Labute approximate surface area is 115 Å². The molecule has 1 heterocycles. The van der Waals surface area contributed by atoms with Gasteiger partial charge in [-0.3, -0.25) is 9.59 Å². The summed E-state index contributed by atoms with van der Waals surface area (Å²) in [6.07, 6.45) is 0. The first kappa shape index (κ1) is 14.9. The van der Waals surface area contributed by atoms with Crippen molar-refractivity contribution >= 4 is 35.1 Å². The second-order valence-electron chi connectivity index (χ2n) is 4.12. The van der Waals surface area contributed by atoms with E-state index < -0.39 is 23.8 Å². The standard InChI is InChI=1S/C11H14Cl2N2O3/c1-5(11(17)18)6(2)14-10(16)8-4-7(12)9(13)15(8)3/h4-6H,1-3H3,(H,14,16)(H,17,18). The van der Waals surface area contributed by atoms with E-state index in [1.807, 2.05) is 0 Å². The highest BCUT2D eigenvalue weighted by Gasteiger charge is 2.23. The van der Waals surface area contributed by atoms with Crippen molar-refractivity contribution in [1.29, 1.82) is 0 Å². The third-order valence-electron chi connectivity index (χ3n) is 2.85. The monoisotopic (exact) mass is 292 g/mol. The fourth-order valence-corrected chi connectivity index (χ4v) is 1.76. The van der Waals surface area contributed by atoms with Crippen LogP contribution in [0.15, 0.2) is 6.07 Å². The zero-order chi connectivity index (χ0) is 14.0. The number of aromatic nitrogens is 1. The number of carbonyl (C=O) groups excluding carboxylic acids is 1. The molecule has 2 atom stereocenters. The minimum absolute atomic E-state index is 0.265. The Morgan fingerprint density at radius 1 is 1.39 bits per heavy atom. The molecule has 1 aromatic heterocycles. The molecule has 1 amide bonds. The van der Waals surface area contributed by atoms with Crippen molar-refractivity contribution in [3.05, 3.63) is 21.9 Å². The van der Waals surface area contributed by atoms with Crippen LogP contribution in [0.1, 0.15) is 24.3 Å². The van der Waals surface area contributed by atoms with Crippen molar-refractivity contribution in [2.75, 3.05) is 0 Å². The van der Waals surface area contributed by atoms with Gasteiger partial charge in [-0.15, -0.1) is 0 Å². The molecule has 0 saturated carbocycles.